The maximum Gasteiger partial charge on any atom is -0.0171 e. The quantitative estimate of drug-likeness (QED) is 0.231. The second kappa shape index (κ2) is 11.6. The van der Waals surface area contributed by atoms with Crippen molar-refractivity contribution >= 4 is 31.8 Å². The second-order valence-corrected chi connectivity index (χ2v) is 15.8. The van der Waals surface area contributed by atoms with Crippen LogP contribution in [-0.2, 0) is 0 Å². The first-order valence-corrected chi connectivity index (χ1v) is 16.6. The molecule has 0 amide bonds. The molecule has 0 radical (unpaired) electrons. The van der Waals surface area contributed by atoms with E-state index >= 15 is 0 Å². The SMILES string of the molecule is Cc1cc[c-]([C@@H](C)P(C2CCCCC2)C2CCCCC2)c1P(c1ccccc1)c1ccccc1. The molecule has 5 rings (SSSR count). The zero-order chi connectivity index (χ0) is 23.3. The summed E-state index contributed by atoms with van der Waals surface area (Å²) < 4.78 is 0. The van der Waals surface area contributed by atoms with Crippen LogP contribution >= 0.6 is 15.8 Å². The van der Waals surface area contributed by atoms with E-state index in [1.165, 1.54) is 80.4 Å². The van der Waals surface area contributed by atoms with E-state index < -0.39 is 7.92 Å². The largest absolute Gasteiger partial charge is 0.210 e. The van der Waals surface area contributed by atoms with Crippen LogP contribution in [-0.4, -0.2) is 11.3 Å². The first kappa shape index (κ1) is 24.3. The summed E-state index contributed by atoms with van der Waals surface area (Å²) in [6.07, 6.45) is 14.8. The Morgan fingerprint density at radius 1 is 0.676 bits per heavy atom. The fourth-order valence-electron chi connectivity index (χ4n) is 6.65. The van der Waals surface area contributed by atoms with Crippen LogP contribution in [0.25, 0.3) is 0 Å². The zero-order valence-electron chi connectivity index (χ0n) is 21.1. The molecule has 2 fully saturated rings. The molecule has 1 atom stereocenters. The topological polar surface area (TPSA) is 0 Å². The second-order valence-electron chi connectivity index (χ2n) is 10.5. The molecule has 2 aliphatic carbocycles. The number of hydrogen-bond acceptors (Lipinski definition) is 0. The molecule has 0 aliphatic heterocycles. The standard InChI is InChI=1S/C32H41P2/c1-25-23-24-31(26(2)33(27-15-7-3-8-16-27)28-17-9-4-10-18-28)32(25)34(29-19-11-5-12-20-29)30-21-13-6-14-22-30/h5-6,11-14,19-24,26-28H,3-4,7-10,15-18H2,1-2H3/q-1/t26-/m1/s1. The molecule has 0 nitrogen and oxygen atoms in total. The Morgan fingerprint density at radius 3 is 1.62 bits per heavy atom. The van der Waals surface area contributed by atoms with E-state index in [1.54, 1.807) is 10.9 Å². The van der Waals surface area contributed by atoms with Gasteiger partial charge in [-0.2, -0.15) is 11.6 Å². The van der Waals surface area contributed by atoms with Crippen LogP contribution in [0.3, 0.4) is 0 Å². The first-order valence-electron chi connectivity index (χ1n) is 13.7. The molecule has 180 valence electrons. The van der Waals surface area contributed by atoms with Gasteiger partial charge < -0.3 is 0 Å². The predicted octanol–water partition coefficient (Wildman–Crippen LogP) is 8.68. The van der Waals surface area contributed by atoms with Crippen molar-refractivity contribution in [3.8, 4) is 0 Å². The third-order valence-corrected chi connectivity index (χ3v) is 14.9. The summed E-state index contributed by atoms with van der Waals surface area (Å²) >= 11 is 0. The summed E-state index contributed by atoms with van der Waals surface area (Å²) in [5.41, 5.74) is 5.89. The Hall–Kier alpha value is -1.35. The molecule has 0 bridgehead atoms. The molecule has 2 saturated carbocycles. The van der Waals surface area contributed by atoms with E-state index in [-0.39, 0.29) is 7.92 Å². The number of rotatable bonds is 7. The van der Waals surface area contributed by atoms with E-state index in [9.17, 15) is 0 Å². The summed E-state index contributed by atoms with van der Waals surface area (Å²) in [5, 5.41) is 4.65. The highest BCUT2D eigenvalue weighted by molar-refractivity contribution is 7.80. The normalized spacial score (nSPS) is 19.1. The Balaban J connectivity index is 1.57. The van der Waals surface area contributed by atoms with Crippen molar-refractivity contribution in [3.05, 3.63) is 83.9 Å². The van der Waals surface area contributed by atoms with Gasteiger partial charge in [0, 0.05) is 0 Å². The Labute approximate surface area is 210 Å². The molecule has 0 aromatic heterocycles. The van der Waals surface area contributed by atoms with E-state index in [4.69, 9.17) is 0 Å². The molecule has 0 heterocycles. The number of benzene rings is 2. The molecule has 0 N–H and O–H groups in total. The van der Waals surface area contributed by atoms with E-state index in [0.29, 0.717) is 5.66 Å². The van der Waals surface area contributed by atoms with Crippen LogP contribution in [0.2, 0.25) is 0 Å². The van der Waals surface area contributed by atoms with Crippen LogP contribution in [0.1, 0.15) is 87.9 Å². The lowest BCUT2D eigenvalue weighted by atomic mass is 9.99. The lowest BCUT2D eigenvalue weighted by Gasteiger charge is -2.44. The lowest BCUT2D eigenvalue weighted by molar-refractivity contribution is 0.481. The van der Waals surface area contributed by atoms with Gasteiger partial charge >= 0.3 is 0 Å². The van der Waals surface area contributed by atoms with E-state index in [0.717, 1.165) is 11.3 Å². The molecular weight excluding hydrogens is 446 g/mol. The van der Waals surface area contributed by atoms with E-state index in [1.807, 2.05) is 0 Å². The maximum atomic E-state index is 2.64. The van der Waals surface area contributed by atoms with Crippen molar-refractivity contribution in [2.75, 3.05) is 0 Å². The molecule has 0 spiro atoms. The third kappa shape index (κ3) is 5.25. The predicted molar refractivity (Wildman–Crippen MR) is 155 cm³/mol. The van der Waals surface area contributed by atoms with Gasteiger partial charge in [0.1, 0.15) is 0 Å². The van der Waals surface area contributed by atoms with Gasteiger partial charge in [0.05, 0.1) is 0 Å². The van der Waals surface area contributed by atoms with Gasteiger partial charge in [0.15, 0.2) is 0 Å². The van der Waals surface area contributed by atoms with Gasteiger partial charge in [0.2, 0.25) is 0 Å². The van der Waals surface area contributed by atoms with Gasteiger partial charge in [0.25, 0.3) is 0 Å². The molecule has 3 aromatic rings. The lowest BCUT2D eigenvalue weighted by Crippen LogP contribution is -2.27. The van der Waals surface area contributed by atoms with Crippen LogP contribution in [0.15, 0.2) is 72.8 Å². The van der Waals surface area contributed by atoms with Gasteiger partial charge in [-0.25, -0.2) is 6.07 Å². The minimum atomic E-state index is -0.532. The summed E-state index contributed by atoms with van der Waals surface area (Å²) in [7, 11) is -0.522. The fourth-order valence-corrected chi connectivity index (χ4v) is 13.8. The van der Waals surface area contributed by atoms with E-state index in [2.05, 4.69) is 86.6 Å². The monoisotopic (exact) mass is 487 g/mol. The fraction of sp³-hybridized carbons (Fsp3) is 0.469. The highest BCUT2D eigenvalue weighted by atomic mass is 31.1. The van der Waals surface area contributed by atoms with Crippen molar-refractivity contribution in [1.29, 1.82) is 0 Å². The highest BCUT2D eigenvalue weighted by Crippen LogP contribution is 2.64. The van der Waals surface area contributed by atoms with Gasteiger partial charge in [-0.3, -0.25) is 0 Å². The van der Waals surface area contributed by atoms with Gasteiger partial charge in [-0.15, -0.1) is 18.8 Å². The molecule has 2 aliphatic rings. The van der Waals surface area contributed by atoms with Crippen LogP contribution in [0.5, 0.6) is 0 Å². The van der Waals surface area contributed by atoms with Crippen LogP contribution < -0.4 is 15.9 Å². The summed E-state index contributed by atoms with van der Waals surface area (Å²) in [6, 6.07) is 27.7. The average molecular weight is 488 g/mol. The summed E-state index contributed by atoms with van der Waals surface area (Å²) in [6.45, 7) is 5.01. The number of aryl methyl sites for hydroxylation is 1. The average Bonchev–Trinajstić information content (AvgIpc) is 3.28. The first-order chi connectivity index (χ1) is 16.7. The summed E-state index contributed by atoms with van der Waals surface area (Å²) in [5.74, 6) is 0. The molecule has 3 aromatic carbocycles. The van der Waals surface area contributed by atoms with Crippen molar-refractivity contribution in [2.45, 2.75) is 95.0 Å². The zero-order valence-corrected chi connectivity index (χ0v) is 22.9. The molecular formula is C32H41P2-. The van der Waals surface area contributed by atoms with Crippen molar-refractivity contribution in [2.24, 2.45) is 0 Å². The molecule has 0 unspecified atom stereocenters. The minimum Gasteiger partial charge on any atom is -0.210 e. The number of hydrogen-bond donors (Lipinski definition) is 0. The van der Waals surface area contributed by atoms with Crippen molar-refractivity contribution in [3.63, 3.8) is 0 Å². The summed E-state index contributed by atoms with van der Waals surface area (Å²) in [4.78, 5) is 0. The van der Waals surface area contributed by atoms with Gasteiger partial charge in [-0.05, 0) is 61.2 Å². The van der Waals surface area contributed by atoms with Crippen LogP contribution in [0, 0.1) is 6.92 Å². The molecule has 2 heteroatoms. The maximum absolute atomic E-state index is 2.64. The smallest absolute Gasteiger partial charge is 0.0171 e. The minimum absolute atomic E-state index is 0.0104. The molecule has 34 heavy (non-hydrogen) atoms. The Morgan fingerprint density at radius 2 is 1.15 bits per heavy atom. The Bertz CT molecular complexity index is 952. The third-order valence-electron chi connectivity index (χ3n) is 8.30. The highest BCUT2D eigenvalue weighted by Gasteiger charge is 2.35. The molecule has 0 saturated heterocycles. The van der Waals surface area contributed by atoms with Gasteiger partial charge in [-0.1, -0.05) is 113 Å². The van der Waals surface area contributed by atoms with Crippen molar-refractivity contribution < 1.29 is 0 Å². The van der Waals surface area contributed by atoms with Crippen LogP contribution in [0.4, 0.5) is 0 Å². The Kier molecular flexibility index (Phi) is 8.30. The van der Waals surface area contributed by atoms with Crippen molar-refractivity contribution in [1.82, 2.24) is 0 Å².